The van der Waals surface area contributed by atoms with Crippen molar-refractivity contribution in [3.8, 4) is 5.75 Å². The van der Waals surface area contributed by atoms with Crippen LogP contribution in [0.2, 0.25) is 0 Å². The van der Waals surface area contributed by atoms with Crippen LogP contribution < -0.4 is 26.8 Å². The second-order valence-corrected chi connectivity index (χ2v) is 12.1. The highest BCUT2D eigenvalue weighted by Crippen LogP contribution is 2.31. The molecule has 43 heavy (non-hydrogen) atoms. The molecule has 0 bridgehead atoms. The normalized spacial score (nSPS) is 13.4. The minimum absolute atomic E-state index is 0.0900. The molecule has 0 fully saturated rings. The molecule has 0 aliphatic heterocycles. The van der Waals surface area contributed by atoms with Gasteiger partial charge in [0.05, 0.1) is 0 Å². The van der Waals surface area contributed by atoms with Gasteiger partial charge in [-0.1, -0.05) is 39.8 Å². The zero-order chi connectivity index (χ0) is 32.7. The Morgan fingerprint density at radius 2 is 1.81 bits per heavy atom. The number of hydrogen-bond acceptors (Lipinski definition) is 7. The molecule has 13 heteroatoms. The molecule has 0 heterocycles. The Labute approximate surface area is 255 Å². The summed E-state index contributed by atoms with van der Waals surface area (Å²) in [5.74, 6) is -1.43. The van der Waals surface area contributed by atoms with E-state index in [1.165, 1.54) is 4.90 Å². The first-order valence-corrected chi connectivity index (χ1v) is 14.6. The monoisotopic (exact) mass is 605 g/mol. The fourth-order valence-electron chi connectivity index (χ4n) is 5.02. The van der Waals surface area contributed by atoms with E-state index >= 15 is 0 Å². The molecule has 3 atom stereocenters. The van der Waals surface area contributed by atoms with Crippen LogP contribution in [0.3, 0.4) is 0 Å². The van der Waals surface area contributed by atoms with E-state index in [2.05, 4.69) is 54.5 Å². The molecule has 0 saturated heterocycles. The summed E-state index contributed by atoms with van der Waals surface area (Å²) < 4.78 is 5.69. The SMILES string of the molecule is CCC(c1cccc(OC(=O)N(C)CC(C)(C)CNC(=O)C(CCCN=C(N)N)NC(=O)CC(=O)O)c1)C(C)CN(C)C. The number of rotatable bonds is 18. The van der Waals surface area contributed by atoms with Gasteiger partial charge in [0.1, 0.15) is 18.2 Å². The lowest BCUT2D eigenvalue weighted by atomic mass is 9.85. The maximum atomic E-state index is 13.0. The molecule has 1 aromatic rings. The van der Waals surface area contributed by atoms with E-state index in [4.69, 9.17) is 21.3 Å². The van der Waals surface area contributed by atoms with E-state index in [-0.39, 0.29) is 32.0 Å². The summed E-state index contributed by atoms with van der Waals surface area (Å²) >= 11 is 0. The zero-order valence-corrected chi connectivity index (χ0v) is 26.7. The van der Waals surface area contributed by atoms with Gasteiger partial charge >= 0.3 is 12.1 Å². The van der Waals surface area contributed by atoms with Crippen molar-refractivity contribution in [2.24, 2.45) is 27.8 Å². The van der Waals surface area contributed by atoms with Crippen LogP contribution in [-0.4, -0.2) is 98.1 Å². The number of guanidine groups is 1. The predicted octanol–water partition coefficient (Wildman–Crippen LogP) is 1.96. The number of amides is 3. The Morgan fingerprint density at radius 3 is 2.40 bits per heavy atom. The first-order chi connectivity index (χ1) is 20.0. The minimum atomic E-state index is -1.30. The molecule has 7 N–H and O–H groups in total. The number of aliphatic carboxylic acids is 1. The van der Waals surface area contributed by atoms with Crippen molar-refractivity contribution in [1.29, 1.82) is 0 Å². The van der Waals surface area contributed by atoms with Crippen LogP contribution >= 0.6 is 0 Å². The first kappa shape index (κ1) is 37.2. The second-order valence-electron chi connectivity index (χ2n) is 12.1. The summed E-state index contributed by atoms with van der Waals surface area (Å²) in [5, 5.41) is 14.2. The number of aliphatic imine (C=N–C) groups is 1. The summed E-state index contributed by atoms with van der Waals surface area (Å²) in [6, 6.07) is 6.66. The molecular weight excluding hydrogens is 554 g/mol. The number of carbonyl (C=O) groups is 4. The van der Waals surface area contributed by atoms with E-state index in [9.17, 15) is 19.2 Å². The van der Waals surface area contributed by atoms with E-state index in [0.717, 1.165) is 18.5 Å². The minimum Gasteiger partial charge on any atom is -0.481 e. The lowest BCUT2D eigenvalue weighted by molar-refractivity contribution is -0.141. The number of nitrogens with zero attached hydrogens (tertiary/aromatic N) is 3. The van der Waals surface area contributed by atoms with Gasteiger partial charge in [0.25, 0.3) is 0 Å². The molecule has 3 unspecified atom stereocenters. The molecule has 1 rings (SSSR count). The van der Waals surface area contributed by atoms with Crippen LogP contribution in [0.5, 0.6) is 5.75 Å². The van der Waals surface area contributed by atoms with Gasteiger partial charge in [0.2, 0.25) is 11.8 Å². The molecule has 0 spiro atoms. The summed E-state index contributed by atoms with van der Waals surface area (Å²) in [6.45, 7) is 9.78. The number of carbonyl (C=O) groups excluding carboxylic acids is 3. The van der Waals surface area contributed by atoms with Crippen molar-refractivity contribution in [3.63, 3.8) is 0 Å². The number of nitrogens with one attached hydrogen (secondary N) is 2. The Bertz CT molecular complexity index is 1100. The van der Waals surface area contributed by atoms with Gasteiger partial charge in [-0.3, -0.25) is 19.4 Å². The number of benzene rings is 1. The fraction of sp³-hybridized carbons (Fsp3) is 0.633. The standard InChI is InChI=1S/C30H51N7O6/c1-8-23(20(2)17-36(5)6)21-11-9-12-22(15-21)43-29(42)37(7)19-30(3,4)18-34-27(41)24(13-10-14-33-28(31)32)35-25(38)16-26(39)40/h9,11-12,15,20,23-24H,8,10,13-14,16-19H2,1-7H3,(H,34,41)(H,35,38)(H,39,40)(H4,31,32,33). The molecular formula is C30H51N7O6. The maximum absolute atomic E-state index is 13.0. The number of nitrogens with two attached hydrogens (primary N) is 2. The molecule has 242 valence electrons. The highest BCUT2D eigenvalue weighted by atomic mass is 16.6. The fourth-order valence-corrected chi connectivity index (χ4v) is 5.02. The van der Waals surface area contributed by atoms with Crippen molar-refractivity contribution < 1.29 is 29.0 Å². The molecule has 0 radical (unpaired) electrons. The number of carboxylic acids is 1. The summed E-state index contributed by atoms with van der Waals surface area (Å²) in [6.07, 6.45) is 0.270. The lowest BCUT2D eigenvalue weighted by Crippen LogP contribution is -2.50. The highest BCUT2D eigenvalue weighted by molar-refractivity contribution is 5.96. The lowest BCUT2D eigenvalue weighted by Gasteiger charge is -2.31. The van der Waals surface area contributed by atoms with Gasteiger partial charge < -0.3 is 41.7 Å². The molecule has 1 aromatic carbocycles. The molecule has 3 amide bonds. The number of hydrogen-bond donors (Lipinski definition) is 5. The van der Waals surface area contributed by atoms with Gasteiger partial charge in [-0.25, -0.2) is 4.79 Å². The summed E-state index contributed by atoms with van der Waals surface area (Å²) in [7, 11) is 5.74. The Hall–Kier alpha value is -3.87. The molecule has 0 saturated carbocycles. The average Bonchev–Trinajstić information content (AvgIpc) is 2.88. The average molecular weight is 606 g/mol. The van der Waals surface area contributed by atoms with Gasteiger partial charge in [0, 0.05) is 33.2 Å². The van der Waals surface area contributed by atoms with E-state index in [1.54, 1.807) is 13.1 Å². The van der Waals surface area contributed by atoms with Crippen molar-refractivity contribution in [3.05, 3.63) is 29.8 Å². The van der Waals surface area contributed by atoms with E-state index < -0.39 is 41.8 Å². The number of carboxylic acid groups (broad SMARTS) is 1. The van der Waals surface area contributed by atoms with E-state index in [0.29, 0.717) is 24.0 Å². The third-order valence-corrected chi connectivity index (χ3v) is 6.90. The zero-order valence-electron chi connectivity index (χ0n) is 26.7. The van der Waals surface area contributed by atoms with E-state index in [1.807, 2.05) is 26.0 Å². The largest absolute Gasteiger partial charge is 0.481 e. The van der Waals surface area contributed by atoms with Gasteiger partial charge in [0.15, 0.2) is 5.96 Å². The van der Waals surface area contributed by atoms with Crippen LogP contribution in [0.4, 0.5) is 4.79 Å². The summed E-state index contributed by atoms with van der Waals surface area (Å²) in [5.41, 5.74) is 11.2. The van der Waals surface area contributed by atoms with Gasteiger partial charge in [-0.2, -0.15) is 0 Å². The van der Waals surface area contributed by atoms with Crippen LogP contribution in [0.1, 0.15) is 64.9 Å². The van der Waals surface area contributed by atoms with Crippen molar-refractivity contribution >= 4 is 29.8 Å². The predicted molar refractivity (Wildman–Crippen MR) is 167 cm³/mol. The van der Waals surface area contributed by atoms with Crippen LogP contribution in [0.15, 0.2) is 29.3 Å². The quantitative estimate of drug-likeness (QED) is 0.0720. The van der Waals surface area contributed by atoms with Crippen molar-refractivity contribution in [2.75, 3.05) is 47.3 Å². The smallest absolute Gasteiger partial charge is 0.414 e. The van der Waals surface area contributed by atoms with Crippen LogP contribution in [-0.2, 0) is 14.4 Å². The molecule has 0 aliphatic rings. The highest BCUT2D eigenvalue weighted by Gasteiger charge is 2.28. The topological polar surface area (TPSA) is 193 Å². The maximum Gasteiger partial charge on any atom is 0.414 e. The molecule has 0 aliphatic carbocycles. The Balaban J connectivity index is 2.80. The van der Waals surface area contributed by atoms with Crippen molar-refractivity contribution in [1.82, 2.24) is 20.4 Å². The van der Waals surface area contributed by atoms with Gasteiger partial charge in [-0.15, -0.1) is 0 Å². The Kier molecular flexibility index (Phi) is 15.5. The van der Waals surface area contributed by atoms with Crippen LogP contribution in [0.25, 0.3) is 0 Å². The summed E-state index contributed by atoms with van der Waals surface area (Å²) in [4.78, 5) is 56.3. The van der Waals surface area contributed by atoms with Crippen LogP contribution in [0, 0.1) is 11.3 Å². The van der Waals surface area contributed by atoms with Crippen molar-refractivity contribution in [2.45, 2.75) is 65.3 Å². The third-order valence-electron chi connectivity index (χ3n) is 6.90. The molecule has 13 nitrogen and oxygen atoms in total. The Morgan fingerprint density at radius 1 is 1.14 bits per heavy atom. The first-order valence-electron chi connectivity index (χ1n) is 14.6. The molecule has 0 aromatic heterocycles. The third kappa shape index (κ3) is 14.7. The second kappa shape index (κ2) is 17.9. The van der Waals surface area contributed by atoms with Gasteiger partial charge in [-0.05, 0) is 68.3 Å². The number of ether oxygens (including phenoxy) is 1.